The number of nitrogens with zero attached hydrogens (tertiary/aromatic N) is 2. The van der Waals surface area contributed by atoms with Crippen LogP contribution in [0.2, 0.25) is 0 Å². The van der Waals surface area contributed by atoms with Crippen molar-refractivity contribution >= 4 is 17.6 Å². The monoisotopic (exact) mass is 260 g/mol. The highest BCUT2D eigenvalue weighted by Gasteiger charge is 2.18. The van der Waals surface area contributed by atoms with E-state index >= 15 is 0 Å². The topological polar surface area (TPSA) is 34.9 Å². The van der Waals surface area contributed by atoms with Crippen LogP contribution in [0, 0.1) is 13.8 Å². The first-order chi connectivity index (χ1) is 8.70. The molecule has 3 nitrogen and oxygen atoms in total. The molecule has 0 bridgehead atoms. The standard InChI is InChI=1S/C14H16N2OS/c1-9-7-11(8-17)10(2)16(9)14-15-12-5-3-4-6-13(12)18-14/h7-8H,3-6H2,1-2H3. The van der Waals surface area contributed by atoms with Crippen LogP contribution in [0.25, 0.3) is 5.13 Å². The Morgan fingerprint density at radius 1 is 1.33 bits per heavy atom. The Labute approximate surface area is 110 Å². The molecule has 0 atom stereocenters. The Bertz CT molecular complexity index is 586. The zero-order chi connectivity index (χ0) is 12.7. The van der Waals surface area contributed by atoms with Crippen LogP contribution in [-0.4, -0.2) is 15.8 Å². The van der Waals surface area contributed by atoms with Crippen LogP contribution < -0.4 is 0 Å². The van der Waals surface area contributed by atoms with E-state index in [0.717, 1.165) is 41.2 Å². The molecule has 1 aliphatic carbocycles. The lowest BCUT2D eigenvalue weighted by molar-refractivity contribution is 0.112. The van der Waals surface area contributed by atoms with E-state index in [1.54, 1.807) is 11.3 Å². The molecule has 3 rings (SSSR count). The highest BCUT2D eigenvalue weighted by molar-refractivity contribution is 7.14. The van der Waals surface area contributed by atoms with E-state index < -0.39 is 0 Å². The van der Waals surface area contributed by atoms with Gasteiger partial charge in [-0.15, -0.1) is 11.3 Å². The van der Waals surface area contributed by atoms with Crippen molar-refractivity contribution in [2.45, 2.75) is 39.5 Å². The number of aromatic nitrogens is 2. The normalized spacial score (nSPS) is 14.6. The molecule has 0 unspecified atom stereocenters. The highest BCUT2D eigenvalue weighted by Crippen LogP contribution is 2.30. The van der Waals surface area contributed by atoms with Gasteiger partial charge >= 0.3 is 0 Å². The fraction of sp³-hybridized carbons (Fsp3) is 0.429. The van der Waals surface area contributed by atoms with Crippen LogP contribution in [0.4, 0.5) is 0 Å². The molecular formula is C14H16N2OS. The lowest BCUT2D eigenvalue weighted by Gasteiger charge is -2.06. The molecule has 2 aromatic rings. The van der Waals surface area contributed by atoms with E-state index in [2.05, 4.69) is 4.57 Å². The fourth-order valence-corrected chi connectivity index (χ4v) is 3.90. The number of rotatable bonds is 2. The summed E-state index contributed by atoms with van der Waals surface area (Å²) >= 11 is 1.78. The first-order valence-corrected chi connectivity index (χ1v) is 7.15. The van der Waals surface area contributed by atoms with Gasteiger partial charge in [0.2, 0.25) is 0 Å². The van der Waals surface area contributed by atoms with Crippen molar-refractivity contribution in [3.8, 4) is 5.13 Å². The molecule has 0 saturated carbocycles. The Kier molecular flexibility index (Phi) is 2.82. The van der Waals surface area contributed by atoms with Gasteiger partial charge in [0.15, 0.2) is 11.4 Å². The summed E-state index contributed by atoms with van der Waals surface area (Å²) < 4.78 is 2.10. The Morgan fingerprint density at radius 3 is 2.78 bits per heavy atom. The molecule has 0 aliphatic heterocycles. The quantitative estimate of drug-likeness (QED) is 0.777. The van der Waals surface area contributed by atoms with E-state index in [1.807, 2.05) is 19.9 Å². The van der Waals surface area contributed by atoms with Crippen LogP contribution in [0.3, 0.4) is 0 Å². The predicted molar refractivity (Wildman–Crippen MR) is 72.9 cm³/mol. The zero-order valence-corrected chi connectivity index (χ0v) is 11.5. The van der Waals surface area contributed by atoms with E-state index in [-0.39, 0.29) is 0 Å². The summed E-state index contributed by atoms with van der Waals surface area (Å²) in [5.74, 6) is 0. The maximum Gasteiger partial charge on any atom is 0.194 e. The summed E-state index contributed by atoms with van der Waals surface area (Å²) in [7, 11) is 0. The predicted octanol–water partition coefficient (Wildman–Crippen LogP) is 3.24. The van der Waals surface area contributed by atoms with E-state index in [9.17, 15) is 4.79 Å². The summed E-state index contributed by atoms with van der Waals surface area (Å²) in [5.41, 5.74) is 4.11. The van der Waals surface area contributed by atoms with Crippen molar-refractivity contribution in [1.82, 2.24) is 9.55 Å². The molecule has 1 aliphatic rings. The number of fused-ring (bicyclic) bond motifs is 1. The molecule has 2 heterocycles. The molecule has 0 amide bonds. The van der Waals surface area contributed by atoms with Crippen molar-refractivity contribution < 1.29 is 4.79 Å². The largest absolute Gasteiger partial charge is 0.298 e. The van der Waals surface area contributed by atoms with Gasteiger partial charge in [0, 0.05) is 21.8 Å². The number of hydrogen-bond donors (Lipinski definition) is 0. The maximum absolute atomic E-state index is 11.0. The smallest absolute Gasteiger partial charge is 0.194 e. The Hall–Kier alpha value is -1.42. The number of hydrogen-bond acceptors (Lipinski definition) is 3. The van der Waals surface area contributed by atoms with Crippen molar-refractivity contribution in [2.24, 2.45) is 0 Å². The van der Waals surface area contributed by atoms with Gasteiger partial charge in [-0.3, -0.25) is 9.36 Å². The molecular weight excluding hydrogens is 244 g/mol. The maximum atomic E-state index is 11.0. The molecule has 0 N–H and O–H groups in total. The van der Waals surface area contributed by atoms with E-state index in [4.69, 9.17) is 4.98 Å². The van der Waals surface area contributed by atoms with Gasteiger partial charge in [-0.25, -0.2) is 4.98 Å². The first-order valence-electron chi connectivity index (χ1n) is 6.34. The SMILES string of the molecule is Cc1cc(C=O)c(C)n1-c1nc2c(s1)CCCC2. The summed E-state index contributed by atoms with van der Waals surface area (Å²) in [4.78, 5) is 17.2. The average Bonchev–Trinajstić information content (AvgIpc) is 2.89. The molecule has 4 heteroatoms. The third-order valence-electron chi connectivity index (χ3n) is 3.62. The minimum absolute atomic E-state index is 0.765. The zero-order valence-electron chi connectivity index (χ0n) is 10.7. The molecule has 0 aromatic carbocycles. The second-order valence-corrected chi connectivity index (χ2v) is 5.92. The Balaban J connectivity index is 2.12. The van der Waals surface area contributed by atoms with E-state index in [1.165, 1.54) is 23.4 Å². The average molecular weight is 260 g/mol. The highest BCUT2D eigenvalue weighted by atomic mass is 32.1. The number of aldehydes is 1. The first kappa shape index (κ1) is 11.7. The van der Waals surface area contributed by atoms with Gasteiger partial charge in [0.25, 0.3) is 0 Å². The second-order valence-electron chi connectivity index (χ2n) is 4.85. The number of carbonyl (C=O) groups excluding carboxylic acids is 1. The second kappa shape index (κ2) is 4.35. The van der Waals surface area contributed by atoms with Crippen LogP contribution in [0.1, 0.15) is 45.2 Å². The number of thiazole rings is 1. The third-order valence-corrected chi connectivity index (χ3v) is 4.77. The van der Waals surface area contributed by atoms with Crippen LogP contribution in [0.5, 0.6) is 0 Å². The summed E-state index contributed by atoms with van der Waals surface area (Å²) in [6, 6.07) is 1.93. The van der Waals surface area contributed by atoms with Gasteiger partial charge in [0.1, 0.15) is 0 Å². The third kappa shape index (κ3) is 1.72. The molecule has 94 valence electrons. The lowest BCUT2D eigenvalue weighted by Crippen LogP contribution is -2.01. The van der Waals surface area contributed by atoms with Crippen molar-refractivity contribution in [3.63, 3.8) is 0 Å². The van der Waals surface area contributed by atoms with E-state index in [0.29, 0.717) is 0 Å². The fourth-order valence-electron chi connectivity index (χ4n) is 2.64. The van der Waals surface area contributed by atoms with Crippen LogP contribution >= 0.6 is 11.3 Å². The van der Waals surface area contributed by atoms with Crippen molar-refractivity contribution in [2.75, 3.05) is 0 Å². The Morgan fingerprint density at radius 2 is 2.11 bits per heavy atom. The summed E-state index contributed by atoms with van der Waals surface area (Å²) in [6.45, 7) is 4.01. The number of carbonyl (C=O) groups is 1. The summed E-state index contributed by atoms with van der Waals surface area (Å²) in [5, 5.41) is 1.02. The molecule has 0 radical (unpaired) electrons. The van der Waals surface area contributed by atoms with Gasteiger partial charge < -0.3 is 0 Å². The lowest BCUT2D eigenvalue weighted by atomic mass is 10.0. The molecule has 0 fully saturated rings. The molecule has 18 heavy (non-hydrogen) atoms. The molecule has 0 saturated heterocycles. The van der Waals surface area contributed by atoms with Gasteiger partial charge in [0.05, 0.1) is 5.69 Å². The van der Waals surface area contributed by atoms with Gasteiger partial charge in [-0.2, -0.15) is 0 Å². The molecule has 0 spiro atoms. The summed E-state index contributed by atoms with van der Waals surface area (Å²) in [6.07, 6.45) is 5.71. The molecule has 2 aromatic heterocycles. The van der Waals surface area contributed by atoms with Crippen molar-refractivity contribution in [1.29, 1.82) is 0 Å². The number of aryl methyl sites for hydroxylation is 3. The van der Waals surface area contributed by atoms with Gasteiger partial charge in [-0.05, 0) is 45.6 Å². The minimum Gasteiger partial charge on any atom is -0.298 e. The van der Waals surface area contributed by atoms with Crippen LogP contribution in [0.15, 0.2) is 6.07 Å². The van der Waals surface area contributed by atoms with Crippen molar-refractivity contribution in [3.05, 3.63) is 33.6 Å². The van der Waals surface area contributed by atoms with Crippen LogP contribution in [-0.2, 0) is 12.8 Å². The minimum atomic E-state index is 0.765. The van der Waals surface area contributed by atoms with Gasteiger partial charge in [-0.1, -0.05) is 0 Å².